The van der Waals surface area contributed by atoms with Gasteiger partial charge in [-0.1, -0.05) is 29.6 Å². The quantitative estimate of drug-likeness (QED) is 0.853. The summed E-state index contributed by atoms with van der Waals surface area (Å²) >= 11 is 11.9. The van der Waals surface area contributed by atoms with E-state index in [9.17, 15) is 0 Å². The Hall–Kier alpha value is -0.580. The average Bonchev–Trinajstić information content (AvgIpc) is 2.36. The molecule has 2 bridgehead atoms. The van der Waals surface area contributed by atoms with Crippen LogP contribution in [0.25, 0.3) is 0 Å². The first-order chi connectivity index (χ1) is 9.11. The van der Waals surface area contributed by atoms with Crippen LogP contribution in [-0.2, 0) is 0 Å². The third-order valence-corrected chi connectivity index (χ3v) is 4.59. The van der Waals surface area contributed by atoms with Gasteiger partial charge in [0.15, 0.2) is 0 Å². The van der Waals surface area contributed by atoms with Gasteiger partial charge in [-0.05, 0) is 25.7 Å². The van der Waals surface area contributed by atoms with Crippen molar-refractivity contribution in [3.8, 4) is 0 Å². The minimum atomic E-state index is 0.399. The number of anilines is 1. The van der Waals surface area contributed by atoms with Crippen LogP contribution in [0.1, 0.15) is 32.1 Å². The maximum Gasteiger partial charge on any atom is 0.228 e. The van der Waals surface area contributed by atoms with Gasteiger partial charge in [0.2, 0.25) is 5.95 Å². The molecule has 2 aliphatic rings. The van der Waals surface area contributed by atoms with Gasteiger partial charge in [0.25, 0.3) is 0 Å². The van der Waals surface area contributed by atoms with Crippen molar-refractivity contribution in [2.45, 2.75) is 50.2 Å². The summed E-state index contributed by atoms with van der Waals surface area (Å²) in [6.07, 6.45) is 6.18. The predicted octanol–water partition coefficient (Wildman–Crippen LogP) is 2.89. The van der Waals surface area contributed by atoms with Gasteiger partial charge in [-0.15, -0.1) is 0 Å². The van der Waals surface area contributed by atoms with Gasteiger partial charge in [-0.2, -0.15) is 0 Å². The lowest BCUT2D eigenvalue weighted by molar-refractivity contribution is 0.218. The molecule has 19 heavy (non-hydrogen) atoms. The van der Waals surface area contributed by atoms with Crippen LogP contribution in [0.4, 0.5) is 5.95 Å². The highest BCUT2D eigenvalue weighted by Crippen LogP contribution is 2.30. The summed E-state index contributed by atoms with van der Waals surface area (Å²) in [6.45, 7) is 0. The molecule has 0 aromatic carbocycles. The lowest BCUT2D eigenvalue weighted by Gasteiger charge is -2.43. The molecule has 2 fully saturated rings. The number of nitrogens with one attached hydrogen (secondary N) is 1. The molecular weight excluding hydrogens is 283 g/mol. The van der Waals surface area contributed by atoms with Gasteiger partial charge < -0.3 is 10.2 Å². The van der Waals surface area contributed by atoms with Crippen molar-refractivity contribution in [3.05, 3.63) is 16.4 Å². The van der Waals surface area contributed by atoms with Crippen LogP contribution in [0, 0.1) is 0 Å². The summed E-state index contributed by atoms with van der Waals surface area (Å²) in [5.74, 6) is 0.627. The molecule has 2 aliphatic heterocycles. The zero-order valence-electron chi connectivity index (χ0n) is 10.9. The molecule has 0 radical (unpaired) electrons. The normalized spacial score (nSPS) is 30.2. The Bertz CT molecular complexity index is 436. The van der Waals surface area contributed by atoms with E-state index in [1.807, 2.05) is 7.05 Å². The highest BCUT2D eigenvalue weighted by Gasteiger charge is 2.33. The Morgan fingerprint density at radius 1 is 1.16 bits per heavy atom. The van der Waals surface area contributed by atoms with Crippen molar-refractivity contribution >= 4 is 29.2 Å². The van der Waals surface area contributed by atoms with Gasteiger partial charge in [0.1, 0.15) is 10.3 Å². The Morgan fingerprint density at radius 3 is 2.32 bits per heavy atom. The second kappa shape index (κ2) is 5.43. The van der Waals surface area contributed by atoms with Crippen molar-refractivity contribution in [2.75, 3.05) is 11.9 Å². The lowest BCUT2D eigenvalue weighted by Crippen LogP contribution is -2.54. The number of halogens is 2. The monoisotopic (exact) mass is 300 g/mol. The molecule has 0 amide bonds. The maximum atomic E-state index is 5.95. The molecule has 2 saturated heterocycles. The largest absolute Gasteiger partial charge is 0.341 e. The fourth-order valence-electron chi connectivity index (χ4n) is 3.25. The van der Waals surface area contributed by atoms with Crippen LogP contribution in [0.2, 0.25) is 10.3 Å². The highest BCUT2D eigenvalue weighted by atomic mass is 35.5. The summed E-state index contributed by atoms with van der Waals surface area (Å²) < 4.78 is 0. The SMILES string of the molecule is CN(c1nc(Cl)cc(Cl)n1)[C@@H]1C[C@H]2CCC[C@@H](C1)N2. The zero-order chi connectivity index (χ0) is 13.4. The standard InChI is InChI=1S/C13H18Cl2N4/c1-19(13-17-11(14)7-12(15)18-13)10-5-8-3-2-4-9(6-10)16-8/h7-10,16H,2-6H2,1H3/t8-,9+,10-. The summed E-state index contributed by atoms with van der Waals surface area (Å²) in [7, 11) is 2.04. The minimum Gasteiger partial charge on any atom is -0.341 e. The maximum absolute atomic E-state index is 5.95. The number of fused-ring (bicyclic) bond motifs is 2. The van der Waals surface area contributed by atoms with Crippen LogP contribution < -0.4 is 10.2 Å². The third kappa shape index (κ3) is 2.96. The molecule has 0 saturated carbocycles. The molecule has 1 aromatic rings. The highest BCUT2D eigenvalue weighted by molar-refractivity contribution is 6.33. The van der Waals surface area contributed by atoms with E-state index < -0.39 is 0 Å². The van der Waals surface area contributed by atoms with Gasteiger partial charge in [-0.25, -0.2) is 9.97 Å². The van der Waals surface area contributed by atoms with Gasteiger partial charge >= 0.3 is 0 Å². The number of aromatic nitrogens is 2. The zero-order valence-corrected chi connectivity index (χ0v) is 12.5. The molecule has 1 aromatic heterocycles. The molecule has 3 atom stereocenters. The van der Waals surface area contributed by atoms with E-state index >= 15 is 0 Å². The van der Waals surface area contributed by atoms with Crippen molar-refractivity contribution < 1.29 is 0 Å². The van der Waals surface area contributed by atoms with E-state index in [-0.39, 0.29) is 0 Å². The van der Waals surface area contributed by atoms with Crippen LogP contribution in [0.15, 0.2) is 6.07 Å². The molecule has 6 heteroatoms. The number of rotatable bonds is 2. The molecule has 1 N–H and O–H groups in total. The van der Waals surface area contributed by atoms with Crippen LogP contribution >= 0.6 is 23.2 Å². The summed E-state index contributed by atoms with van der Waals surface area (Å²) in [5.41, 5.74) is 0. The molecular formula is C13H18Cl2N4. The molecule has 3 heterocycles. The average molecular weight is 301 g/mol. The number of hydrogen-bond acceptors (Lipinski definition) is 4. The molecule has 0 spiro atoms. The summed E-state index contributed by atoms with van der Waals surface area (Å²) in [5, 5.41) is 4.49. The fourth-order valence-corrected chi connectivity index (χ4v) is 3.67. The molecule has 3 rings (SSSR count). The first kappa shape index (κ1) is 13.4. The smallest absolute Gasteiger partial charge is 0.228 e. The minimum absolute atomic E-state index is 0.399. The Balaban J connectivity index is 1.77. The Labute approximate surface area is 123 Å². The van der Waals surface area contributed by atoms with Crippen molar-refractivity contribution in [3.63, 3.8) is 0 Å². The molecule has 0 aliphatic carbocycles. The Morgan fingerprint density at radius 2 is 1.74 bits per heavy atom. The van der Waals surface area contributed by atoms with Gasteiger partial charge in [0.05, 0.1) is 0 Å². The topological polar surface area (TPSA) is 41.1 Å². The first-order valence-corrected chi connectivity index (χ1v) is 7.56. The lowest BCUT2D eigenvalue weighted by atomic mass is 9.83. The number of nitrogens with zero attached hydrogens (tertiary/aromatic N) is 3. The van der Waals surface area contributed by atoms with Crippen LogP contribution in [0.5, 0.6) is 0 Å². The number of hydrogen-bond donors (Lipinski definition) is 1. The van der Waals surface area contributed by atoms with Crippen molar-refractivity contribution in [2.24, 2.45) is 0 Å². The van der Waals surface area contributed by atoms with Gasteiger partial charge in [-0.3, -0.25) is 0 Å². The number of piperidine rings is 2. The van der Waals surface area contributed by atoms with E-state index in [4.69, 9.17) is 23.2 Å². The Kier molecular flexibility index (Phi) is 3.83. The van der Waals surface area contributed by atoms with Gasteiger partial charge in [0, 0.05) is 31.2 Å². The molecule has 104 valence electrons. The van der Waals surface area contributed by atoms with E-state index in [2.05, 4.69) is 20.2 Å². The molecule has 4 nitrogen and oxygen atoms in total. The van der Waals surface area contributed by atoms with E-state index in [1.165, 1.54) is 19.3 Å². The van der Waals surface area contributed by atoms with Crippen molar-refractivity contribution in [1.82, 2.24) is 15.3 Å². The van der Waals surface area contributed by atoms with Crippen molar-refractivity contribution in [1.29, 1.82) is 0 Å². The van der Waals surface area contributed by atoms with Crippen LogP contribution in [0.3, 0.4) is 0 Å². The second-order valence-electron chi connectivity index (χ2n) is 5.54. The van der Waals surface area contributed by atoms with Crippen LogP contribution in [-0.4, -0.2) is 35.1 Å². The third-order valence-electron chi connectivity index (χ3n) is 4.20. The van der Waals surface area contributed by atoms with E-state index in [0.717, 1.165) is 12.8 Å². The second-order valence-corrected chi connectivity index (χ2v) is 6.32. The predicted molar refractivity (Wildman–Crippen MR) is 78.0 cm³/mol. The van der Waals surface area contributed by atoms with E-state index in [1.54, 1.807) is 6.07 Å². The fraction of sp³-hybridized carbons (Fsp3) is 0.692. The summed E-state index contributed by atoms with van der Waals surface area (Å²) in [6, 6.07) is 3.30. The molecule has 0 unspecified atom stereocenters. The van der Waals surface area contributed by atoms with E-state index in [0.29, 0.717) is 34.4 Å². The summed E-state index contributed by atoms with van der Waals surface area (Å²) in [4.78, 5) is 10.7. The first-order valence-electron chi connectivity index (χ1n) is 6.81.